The Morgan fingerprint density at radius 1 is 1.27 bits per heavy atom. The van der Waals surface area contributed by atoms with Crippen molar-refractivity contribution >= 4 is 21.6 Å². The zero-order valence-electron chi connectivity index (χ0n) is 17.1. The van der Waals surface area contributed by atoms with Crippen molar-refractivity contribution in [1.29, 1.82) is 0 Å². The van der Waals surface area contributed by atoms with Crippen molar-refractivity contribution in [2.24, 2.45) is 5.41 Å². The van der Waals surface area contributed by atoms with Crippen molar-refractivity contribution in [2.45, 2.75) is 26.7 Å². The molecule has 1 aromatic carbocycles. The molecule has 0 spiro atoms. The topological polar surface area (TPSA) is 93.0 Å². The fourth-order valence-electron chi connectivity index (χ4n) is 3.02. The lowest BCUT2D eigenvalue weighted by Crippen LogP contribution is -2.25. The molecule has 30 heavy (non-hydrogen) atoms. The molecule has 7 nitrogen and oxygen atoms in total. The molecule has 0 fully saturated rings. The van der Waals surface area contributed by atoms with E-state index >= 15 is 0 Å². The van der Waals surface area contributed by atoms with Gasteiger partial charge in [-0.05, 0) is 35.9 Å². The zero-order valence-corrected chi connectivity index (χ0v) is 17.9. The van der Waals surface area contributed by atoms with E-state index < -0.39 is 0 Å². The number of pyridine rings is 1. The van der Waals surface area contributed by atoms with Crippen LogP contribution in [0.3, 0.4) is 0 Å². The molecule has 4 aromatic rings. The number of hydrogen-bond acceptors (Lipinski definition) is 6. The molecule has 0 aliphatic carbocycles. The minimum Gasteiger partial charge on any atom is -0.491 e. The summed E-state index contributed by atoms with van der Waals surface area (Å²) in [5.41, 5.74) is 2.58. The van der Waals surface area contributed by atoms with Gasteiger partial charge in [0.15, 0.2) is 5.82 Å². The normalized spacial score (nSPS) is 12.9. The number of nitrogens with zero attached hydrogens (tertiary/aromatic N) is 3. The Balaban J connectivity index is 1.49. The lowest BCUT2D eigenvalue weighted by molar-refractivity contribution is 0.0973. The fraction of sp³-hybridized carbons (Fsp3) is 0.318. The van der Waals surface area contributed by atoms with Gasteiger partial charge in [-0.1, -0.05) is 38.2 Å². The number of aromatic amines is 1. The molecule has 0 saturated heterocycles. The van der Waals surface area contributed by atoms with Gasteiger partial charge in [0.05, 0.1) is 35.3 Å². The molecular formula is C22H24N4O3S. The third-order valence-corrected chi connectivity index (χ3v) is 5.86. The van der Waals surface area contributed by atoms with Crippen molar-refractivity contribution in [3.8, 4) is 11.6 Å². The fourth-order valence-corrected chi connectivity index (χ4v) is 3.80. The van der Waals surface area contributed by atoms with Crippen LogP contribution in [0, 0.1) is 5.41 Å². The Bertz CT molecular complexity index is 1210. The first-order valence-electron chi connectivity index (χ1n) is 9.73. The summed E-state index contributed by atoms with van der Waals surface area (Å²) < 4.78 is 8.40. The summed E-state index contributed by atoms with van der Waals surface area (Å²) in [4.78, 5) is 18.8. The highest BCUT2D eigenvalue weighted by molar-refractivity contribution is 7.16. The molecule has 3 aromatic heterocycles. The SMILES string of the molecule is CC(c1ccc2[nH]c(=O)sc2c1)c1ccn(-c2ccc(OCC(C)(C)CO)cn2)n1. The van der Waals surface area contributed by atoms with Gasteiger partial charge in [0, 0.05) is 17.5 Å². The summed E-state index contributed by atoms with van der Waals surface area (Å²) in [5, 5.41) is 14.0. The second-order valence-electron chi connectivity index (χ2n) is 8.14. The Hall–Kier alpha value is -2.97. The van der Waals surface area contributed by atoms with Gasteiger partial charge in [0.25, 0.3) is 0 Å². The Morgan fingerprint density at radius 2 is 2.10 bits per heavy atom. The van der Waals surface area contributed by atoms with E-state index in [1.54, 1.807) is 10.9 Å². The minimum absolute atomic E-state index is 0.0440. The van der Waals surface area contributed by atoms with E-state index in [-0.39, 0.29) is 22.8 Å². The summed E-state index contributed by atoms with van der Waals surface area (Å²) in [6.45, 7) is 6.44. The van der Waals surface area contributed by atoms with E-state index in [9.17, 15) is 9.90 Å². The van der Waals surface area contributed by atoms with Gasteiger partial charge in [-0.3, -0.25) is 4.79 Å². The monoisotopic (exact) mass is 424 g/mol. The average Bonchev–Trinajstić information content (AvgIpc) is 3.37. The number of benzene rings is 1. The molecule has 3 heterocycles. The number of fused-ring (bicyclic) bond motifs is 1. The highest BCUT2D eigenvalue weighted by atomic mass is 32.1. The third kappa shape index (κ3) is 4.29. The van der Waals surface area contributed by atoms with Gasteiger partial charge in [-0.2, -0.15) is 5.10 Å². The number of thiazole rings is 1. The van der Waals surface area contributed by atoms with Gasteiger partial charge in [0.1, 0.15) is 5.75 Å². The molecule has 156 valence electrons. The van der Waals surface area contributed by atoms with Crippen molar-refractivity contribution in [2.75, 3.05) is 13.2 Å². The molecule has 0 radical (unpaired) electrons. The van der Waals surface area contributed by atoms with Crippen molar-refractivity contribution in [1.82, 2.24) is 19.7 Å². The maximum Gasteiger partial charge on any atom is 0.305 e. The van der Waals surface area contributed by atoms with E-state index in [2.05, 4.69) is 22.0 Å². The number of aliphatic hydroxyl groups excluding tert-OH is 1. The number of aliphatic hydroxyl groups is 1. The van der Waals surface area contributed by atoms with E-state index in [0.29, 0.717) is 18.2 Å². The first-order chi connectivity index (χ1) is 14.3. The van der Waals surface area contributed by atoms with Crippen molar-refractivity contribution < 1.29 is 9.84 Å². The molecule has 4 rings (SSSR count). The van der Waals surface area contributed by atoms with Gasteiger partial charge in [-0.15, -0.1) is 0 Å². The van der Waals surface area contributed by atoms with Crippen LogP contribution in [0.25, 0.3) is 16.0 Å². The molecule has 0 amide bonds. The predicted octanol–water partition coefficient (Wildman–Crippen LogP) is 3.72. The summed E-state index contributed by atoms with van der Waals surface area (Å²) in [7, 11) is 0. The quantitative estimate of drug-likeness (QED) is 0.472. The molecule has 2 N–H and O–H groups in total. The van der Waals surface area contributed by atoms with Gasteiger partial charge >= 0.3 is 4.87 Å². The van der Waals surface area contributed by atoms with Crippen LogP contribution >= 0.6 is 11.3 Å². The van der Waals surface area contributed by atoms with E-state index in [4.69, 9.17) is 4.74 Å². The number of rotatable bonds is 7. The highest BCUT2D eigenvalue weighted by Crippen LogP contribution is 2.27. The summed E-state index contributed by atoms with van der Waals surface area (Å²) in [6, 6.07) is 11.7. The lowest BCUT2D eigenvalue weighted by Gasteiger charge is -2.21. The molecule has 0 aliphatic rings. The zero-order chi connectivity index (χ0) is 21.3. The third-order valence-electron chi connectivity index (χ3n) is 5.01. The van der Waals surface area contributed by atoms with Crippen LogP contribution in [0.2, 0.25) is 0 Å². The standard InChI is InChI=1S/C22H24N4O3S/c1-14(15-4-6-18-19(10-15)30-21(28)24-18)17-8-9-26(25-17)20-7-5-16(11-23-20)29-13-22(2,3)12-27/h4-11,14,27H,12-13H2,1-3H3,(H,24,28). The Labute approximate surface area is 178 Å². The average molecular weight is 425 g/mol. The van der Waals surface area contributed by atoms with Gasteiger partial charge in [-0.25, -0.2) is 9.67 Å². The van der Waals surface area contributed by atoms with E-state index in [1.165, 1.54) is 11.3 Å². The molecular weight excluding hydrogens is 400 g/mol. The summed E-state index contributed by atoms with van der Waals surface area (Å²) in [6.07, 6.45) is 3.55. The largest absolute Gasteiger partial charge is 0.491 e. The summed E-state index contributed by atoms with van der Waals surface area (Å²) in [5.74, 6) is 1.43. The molecule has 0 saturated carbocycles. The van der Waals surface area contributed by atoms with Crippen LogP contribution in [0.5, 0.6) is 5.75 Å². The van der Waals surface area contributed by atoms with Crippen molar-refractivity contribution in [3.05, 3.63) is 69.7 Å². The van der Waals surface area contributed by atoms with E-state index in [1.807, 2.05) is 56.4 Å². The Kier molecular flexibility index (Phi) is 5.44. The van der Waals surface area contributed by atoms with Crippen LogP contribution in [-0.2, 0) is 0 Å². The number of hydrogen-bond donors (Lipinski definition) is 2. The van der Waals surface area contributed by atoms with Crippen LogP contribution in [0.4, 0.5) is 0 Å². The second kappa shape index (κ2) is 8.04. The highest BCUT2D eigenvalue weighted by Gasteiger charge is 2.18. The van der Waals surface area contributed by atoms with Crippen LogP contribution in [0.1, 0.15) is 37.9 Å². The first kappa shape index (κ1) is 20.3. The first-order valence-corrected chi connectivity index (χ1v) is 10.5. The second-order valence-corrected chi connectivity index (χ2v) is 9.15. The minimum atomic E-state index is -0.300. The molecule has 0 bridgehead atoms. The number of aromatic nitrogens is 4. The van der Waals surface area contributed by atoms with Crippen LogP contribution in [0.15, 0.2) is 53.6 Å². The maximum absolute atomic E-state index is 11.5. The smallest absolute Gasteiger partial charge is 0.305 e. The number of ether oxygens (including phenoxy) is 1. The molecule has 1 atom stereocenters. The van der Waals surface area contributed by atoms with Crippen LogP contribution < -0.4 is 9.61 Å². The van der Waals surface area contributed by atoms with Crippen LogP contribution in [-0.4, -0.2) is 38.1 Å². The summed E-state index contributed by atoms with van der Waals surface area (Å²) >= 11 is 1.22. The maximum atomic E-state index is 11.5. The van der Waals surface area contributed by atoms with E-state index in [0.717, 1.165) is 21.5 Å². The van der Waals surface area contributed by atoms with Gasteiger partial charge < -0.3 is 14.8 Å². The number of nitrogens with one attached hydrogen (secondary N) is 1. The molecule has 1 unspecified atom stereocenters. The Morgan fingerprint density at radius 3 is 2.83 bits per heavy atom. The molecule has 0 aliphatic heterocycles. The lowest BCUT2D eigenvalue weighted by atomic mass is 9.97. The molecule has 8 heteroatoms. The van der Waals surface area contributed by atoms with Crippen molar-refractivity contribution in [3.63, 3.8) is 0 Å². The van der Waals surface area contributed by atoms with Gasteiger partial charge in [0.2, 0.25) is 0 Å². The number of H-pyrrole nitrogens is 1. The predicted molar refractivity (Wildman–Crippen MR) is 118 cm³/mol.